The van der Waals surface area contributed by atoms with E-state index in [1.165, 1.54) is 4.90 Å². The van der Waals surface area contributed by atoms with E-state index in [2.05, 4.69) is 20.6 Å². The SMILES string of the molecule is O=C(Nc1ccncc1)c1cccc(NC2CCCN(C(=O)O)C2)n1. The number of hydrogen-bond donors (Lipinski definition) is 3. The molecule has 0 bridgehead atoms. The summed E-state index contributed by atoms with van der Waals surface area (Å²) in [7, 11) is 0. The fourth-order valence-electron chi connectivity index (χ4n) is 2.75. The third-order valence-electron chi connectivity index (χ3n) is 3.96. The Balaban J connectivity index is 1.65. The van der Waals surface area contributed by atoms with Gasteiger partial charge in [-0.3, -0.25) is 9.78 Å². The number of rotatable bonds is 4. The maximum Gasteiger partial charge on any atom is 0.407 e. The van der Waals surface area contributed by atoms with Gasteiger partial charge < -0.3 is 20.6 Å². The lowest BCUT2D eigenvalue weighted by Crippen LogP contribution is -2.44. The molecule has 0 radical (unpaired) electrons. The number of carbonyl (C=O) groups is 2. The Morgan fingerprint density at radius 1 is 1.20 bits per heavy atom. The number of pyridine rings is 2. The van der Waals surface area contributed by atoms with E-state index in [1.807, 2.05) is 0 Å². The molecule has 2 aromatic rings. The lowest BCUT2D eigenvalue weighted by molar-refractivity contribution is 0.102. The summed E-state index contributed by atoms with van der Waals surface area (Å²) in [5.74, 6) is 0.241. The zero-order valence-electron chi connectivity index (χ0n) is 13.6. The van der Waals surface area contributed by atoms with Crippen LogP contribution in [0.25, 0.3) is 0 Å². The molecule has 8 nitrogen and oxygen atoms in total. The summed E-state index contributed by atoms with van der Waals surface area (Å²) in [6.45, 7) is 0.958. The molecule has 3 heterocycles. The first-order chi connectivity index (χ1) is 12.1. The van der Waals surface area contributed by atoms with Crippen molar-refractivity contribution in [1.82, 2.24) is 14.9 Å². The van der Waals surface area contributed by atoms with E-state index in [0.717, 1.165) is 12.8 Å². The van der Waals surface area contributed by atoms with E-state index >= 15 is 0 Å². The summed E-state index contributed by atoms with van der Waals surface area (Å²) in [6, 6.07) is 8.52. The molecule has 2 aromatic heterocycles. The molecule has 3 N–H and O–H groups in total. The first kappa shape index (κ1) is 16.7. The van der Waals surface area contributed by atoms with Crippen molar-refractivity contribution < 1.29 is 14.7 Å². The van der Waals surface area contributed by atoms with Crippen LogP contribution in [0.3, 0.4) is 0 Å². The fourth-order valence-corrected chi connectivity index (χ4v) is 2.75. The van der Waals surface area contributed by atoms with Crippen LogP contribution in [0.1, 0.15) is 23.3 Å². The predicted octanol–water partition coefficient (Wildman–Crippen LogP) is 2.28. The maximum absolute atomic E-state index is 12.3. The standard InChI is InChI=1S/C17H19N5O3/c23-16(20-12-6-8-18-9-7-12)14-4-1-5-15(21-14)19-13-3-2-10-22(11-13)17(24)25/h1,4-9,13H,2-3,10-11H2,(H,19,21)(H,24,25)(H,18,20,23). The van der Waals surface area contributed by atoms with Crippen molar-refractivity contribution in [3.63, 3.8) is 0 Å². The zero-order chi connectivity index (χ0) is 17.6. The predicted molar refractivity (Wildman–Crippen MR) is 92.7 cm³/mol. The van der Waals surface area contributed by atoms with Crippen molar-refractivity contribution in [3.8, 4) is 0 Å². The second-order valence-electron chi connectivity index (χ2n) is 5.81. The van der Waals surface area contributed by atoms with Gasteiger partial charge in [0.25, 0.3) is 5.91 Å². The number of hydrogen-bond acceptors (Lipinski definition) is 5. The van der Waals surface area contributed by atoms with Crippen LogP contribution in [-0.2, 0) is 0 Å². The van der Waals surface area contributed by atoms with Gasteiger partial charge in [-0.1, -0.05) is 6.07 Å². The molecular weight excluding hydrogens is 322 g/mol. The summed E-state index contributed by atoms with van der Waals surface area (Å²) in [5, 5.41) is 15.1. The Morgan fingerprint density at radius 3 is 2.76 bits per heavy atom. The molecule has 1 atom stereocenters. The number of carboxylic acid groups (broad SMARTS) is 1. The number of aromatic nitrogens is 2. The third-order valence-corrected chi connectivity index (χ3v) is 3.96. The first-order valence-electron chi connectivity index (χ1n) is 8.04. The average molecular weight is 341 g/mol. The molecule has 0 aromatic carbocycles. The molecule has 1 fully saturated rings. The van der Waals surface area contributed by atoms with Gasteiger partial charge in [-0.05, 0) is 37.1 Å². The van der Waals surface area contributed by atoms with Gasteiger partial charge in [0.2, 0.25) is 0 Å². The van der Waals surface area contributed by atoms with Crippen LogP contribution in [0.4, 0.5) is 16.3 Å². The molecule has 130 valence electrons. The van der Waals surface area contributed by atoms with Crippen LogP contribution < -0.4 is 10.6 Å². The van der Waals surface area contributed by atoms with Gasteiger partial charge in [0, 0.05) is 37.2 Å². The number of likely N-dealkylation sites (tertiary alicyclic amines) is 1. The molecule has 1 saturated heterocycles. The molecule has 3 rings (SSSR count). The third kappa shape index (κ3) is 4.43. The summed E-state index contributed by atoms with van der Waals surface area (Å²) >= 11 is 0. The minimum Gasteiger partial charge on any atom is -0.465 e. The zero-order valence-corrected chi connectivity index (χ0v) is 13.6. The second-order valence-corrected chi connectivity index (χ2v) is 5.81. The number of carbonyl (C=O) groups excluding carboxylic acids is 1. The average Bonchev–Trinajstić information content (AvgIpc) is 2.63. The number of nitrogens with one attached hydrogen (secondary N) is 2. The minimum atomic E-state index is -0.912. The highest BCUT2D eigenvalue weighted by molar-refractivity contribution is 6.03. The van der Waals surface area contributed by atoms with E-state index < -0.39 is 6.09 Å². The van der Waals surface area contributed by atoms with Crippen LogP contribution >= 0.6 is 0 Å². The van der Waals surface area contributed by atoms with Crippen molar-refractivity contribution >= 4 is 23.5 Å². The fraction of sp³-hybridized carbons (Fsp3) is 0.294. The van der Waals surface area contributed by atoms with Crippen LogP contribution in [0, 0.1) is 0 Å². The Labute approximate surface area is 144 Å². The van der Waals surface area contributed by atoms with Gasteiger partial charge >= 0.3 is 6.09 Å². The van der Waals surface area contributed by atoms with Crippen LogP contribution in [0.2, 0.25) is 0 Å². The van der Waals surface area contributed by atoms with Crippen molar-refractivity contribution in [2.24, 2.45) is 0 Å². The highest BCUT2D eigenvalue weighted by atomic mass is 16.4. The summed E-state index contributed by atoms with van der Waals surface area (Å²) in [6.07, 6.45) is 3.94. The second kappa shape index (κ2) is 7.61. The Bertz CT molecular complexity index is 753. The van der Waals surface area contributed by atoms with Crippen molar-refractivity contribution in [2.45, 2.75) is 18.9 Å². The van der Waals surface area contributed by atoms with Gasteiger partial charge in [-0.2, -0.15) is 0 Å². The molecule has 8 heteroatoms. The Kier molecular flexibility index (Phi) is 5.08. The number of piperidine rings is 1. The highest BCUT2D eigenvalue weighted by Crippen LogP contribution is 2.16. The molecule has 0 saturated carbocycles. The normalized spacial score (nSPS) is 17.0. The minimum absolute atomic E-state index is 0.0177. The molecule has 25 heavy (non-hydrogen) atoms. The van der Waals surface area contributed by atoms with E-state index in [0.29, 0.717) is 24.6 Å². The van der Waals surface area contributed by atoms with Crippen LogP contribution in [0.5, 0.6) is 0 Å². The summed E-state index contributed by atoms with van der Waals surface area (Å²) in [5.41, 5.74) is 0.928. The van der Waals surface area contributed by atoms with Crippen LogP contribution in [0.15, 0.2) is 42.7 Å². The molecule has 0 spiro atoms. The summed E-state index contributed by atoms with van der Waals surface area (Å²) in [4.78, 5) is 33.0. The number of amides is 2. The van der Waals surface area contributed by atoms with Crippen molar-refractivity contribution in [1.29, 1.82) is 0 Å². The molecular formula is C17H19N5O3. The number of anilines is 2. The maximum atomic E-state index is 12.3. The van der Waals surface area contributed by atoms with Gasteiger partial charge in [0.05, 0.1) is 0 Å². The lowest BCUT2D eigenvalue weighted by Gasteiger charge is -2.31. The monoisotopic (exact) mass is 341 g/mol. The molecule has 1 aliphatic rings. The number of nitrogens with zero attached hydrogens (tertiary/aromatic N) is 3. The first-order valence-corrected chi connectivity index (χ1v) is 8.04. The van der Waals surface area contributed by atoms with Crippen molar-refractivity contribution in [3.05, 3.63) is 48.4 Å². The molecule has 1 aliphatic heterocycles. The van der Waals surface area contributed by atoms with Gasteiger partial charge in [0.1, 0.15) is 11.5 Å². The molecule has 0 aliphatic carbocycles. The highest BCUT2D eigenvalue weighted by Gasteiger charge is 2.23. The van der Waals surface area contributed by atoms with Crippen LogP contribution in [-0.4, -0.2) is 51.1 Å². The van der Waals surface area contributed by atoms with Crippen molar-refractivity contribution in [2.75, 3.05) is 23.7 Å². The topological polar surface area (TPSA) is 107 Å². The Morgan fingerprint density at radius 2 is 2.00 bits per heavy atom. The summed E-state index contributed by atoms with van der Waals surface area (Å²) < 4.78 is 0. The molecule has 1 unspecified atom stereocenters. The smallest absolute Gasteiger partial charge is 0.407 e. The van der Waals surface area contributed by atoms with Gasteiger partial charge in [-0.15, -0.1) is 0 Å². The van der Waals surface area contributed by atoms with E-state index in [1.54, 1.807) is 42.7 Å². The largest absolute Gasteiger partial charge is 0.465 e. The van der Waals surface area contributed by atoms with Gasteiger partial charge in [-0.25, -0.2) is 9.78 Å². The molecule has 2 amide bonds. The van der Waals surface area contributed by atoms with E-state index in [9.17, 15) is 9.59 Å². The van der Waals surface area contributed by atoms with E-state index in [4.69, 9.17) is 5.11 Å². The quantitative estimate of drug-likeness (QED) is 0.787. The lowest BCUT2D eigenvalue weighted by atomic mass is 10.1. The van der Waals surface area contributed by atoms with E-state index in [-0.39, 0.29) is 17.6 Å². The van der Waals surface area contributed by atoms with Gasteiger partial charge in [0.15, 0.2) is 0 Å². The Hall–Kier alpha value is -3.16.